The molecule has 0 unspecified atom stereocenters. The van der Waals surface area contributed by atoms with Gasteiger partial charge in [-0.1, -0.05) is 0 Å². The van der Waals surface area contributed by atoms with Crippen molar-refractivity contribution in [3.8, 4) is 0 Å². The molecule has 8 heteroatoms. The molecule has 1 aromatic rings. The van der Waals surface area contributed by atoms with Gasteiger partial charge in [0.25, 0.3) is 5.69 Å². The van der Waals surface area contributed by atoms with Crippen LogP contribution in [-0.2, 0) is 4.74 Å². The second-order valence-corrected chi connectivity index (χ2v) is 2.89. The number of nitro groups is 1. The Morgan fingerprint density at radius 1 is 1.47 bits per heavy atom. The van der Waals surface area contributed by atoms with Gasteiger partial charge in [-0.05, 0) is 6.92 Å². The van der Waals surface area contributed by atoms with Gasteiger partial charge in [0, 0.05) is 0 Å². The second kappa shape index (κ2) is 5.19. The molecule has 1 N–H and O–H groups in total. The molecule has 1 rings (SSSR count). The predicted octanol–water partition coefficient (Wildman–Crippen LogP) is 2.44. The Balaban J connectivity index is 3.01. The van der Waals surface area contributed by atoms with Gasteiger partial charge >= 0.3 is 6.09 Å². The summed E-state index contributed by atoms with van der Waals surface area (Å²) < 4.78 is 30.9. The summed E-state index contributed by atoms with van der Waals surface area (Å²) >= 11 is 0. The van der Waals surface area contributed by atoms with E-state index in [2.05, 4.69) is 4.74 Å². The van der Waals surface area contributed by atoms with E-state index in [4.69, 9.17) is 0 Å². The van der Waals surface area contributed by atoms with Crippen LogP contribution in [0.3, 0.4) is 0 Å². The predicted molar refractivity (Wildman–Crippen MR) is 53.7 cm³/mol. The molecule has 0 aliphatic carbocycles. The number of halogens is 2. The first-order valence-corrected chi connectivity index (χ1v) is 4.53. The van der Waals surface area contributed by atoms with E-state index >= 15 is 0 Å². The number of non-ortho nitro benzene ring substituents is 1. The van der Waals surface area contributed by atoms with Crippen molar-refractivity contribution in [2.75, 3.05) is 11.9 Å². The van der Waals surface area contributed by atoms with Crippen molar-refractivity contribution in [3.63, 3.8) is 0 Å². The fourth-order valence-electron chi connectivity index (χ4n) is 1.05. The zero-order chi connectivity index (χ0) is 13.0. The lowest BCUT2D eigenvalue weighted by Gasteiger charge is -2.07. The molecule has 1 amide bonds. The average Bonchev–Trinajstić information content (AvgIpc) is 2.23. The van der Waals surface area contributed by atoms with Crippen molar-refractivity contribution in [1.29, 1.82) is 0 Å². The standard InChI is InChI=1S/C9H8F2N2O4/c1-2-17-9(14)12-8-6(10)3-5(13(15)16)4-7(8)11/h3-4H,2H2,1H3,(H,12,14). The third kappa shape index (κ3) is 3.10. The van der Waals surface area contributed by atoms with Crippen LogP contribution in [0.2, 0.25) is 0 Å². The summed E-state index contributed by atoms with van der Waals surface area (Å²) in [5, 5.41) is 12.1. The van der Waals surface area contributed by atoms with Crippen LogP contribution in [0, 0.1) is 21.7 Å². The number of rotatable bonds is 3. The Morgan fingerprint density at radius 2 is 2.00 bits per heavy atom. The Hall–Kier alpha value is -2.25. The molecular formula is C9H8F2N2O4. The molecule has 1 aromatic carbocycles. The smallest absolute Gasteiger partial charge is 0.411 e. The molecule has 6 nitrogen and oxygen atoms in total. The van der Waals surface area contributed by atoms with Crippen LogP contribution in [0.15, 0.2) is 12.1 Å². The van der Waals surface area contributed by atoms with E-state index in [-0.39, 0.29) is 6.61 Å². The first-order valence-electron chi connectivity index (χ1n) is 4.53. The van der Waals surface area contributed by atoms with E-state index in [1.165, 1.54) is 6.92 Å². The molecule has 92 valence electrons. The number of ether oxygens (including phenoxy) is 1. The van der Waals surface area contributed by atoms with Crippen LogP contribution in [-0.4, -0.2) is 17.6 Å². The molecular weight excluding hydrogens is 238 g/mol. The van der Waals surface area contributed by atoms with Crippen LogP contribution < -0.4 is 5.32 Å². The SMILES string of the molecule is CCOC(=O)Nc1c(F)cc([N+](=O)[O-])cc1F. The lowest BCUT2D eigenvalue weighted by Crippen LogP contribution is -2.15. The number of nitrogens with zero attached hydrogens (tertiary/aromatic N) is 1. The van der Waals surface area contributed by atoms with Crippen LogP contribution in [0.5, 0.6) is 0 Å². The Labute approximate surface area is 94.3 Å². The summed E-state index contributed by atoms with van der Waals surface area (Å²) in [7, 11) is 0. The van der Waals surface area contributed by atoms with Crippen molar-refractivity contribution < 1.29 is 23.2 Å². The summed E-state index contributed by atoms with van der Waals surface area (Å²) in [4.78, 5) is 20.3. The van der Waals surface area contributed by atoms with Crippen LogP contribution in [0.1, 0.15) is 6.92 Å². The zero-order valence-electron chi connectivity index (χ0n) is 8.70. The molecule has 0 saturated heterocycles. The van der Waals surface area contributed by atoms with E-state index in [1.54, 1.807) is 0 Å². The van der Waals surface area contributed by atoms with Crippen molar-refractivity contribution in [1.82, 2.24) is 0 Å². The van der Waals surface area contributed by atoms with Crippen molar-refractivity contribution >= 4 is 17.5 Å². The highest BCUT2D eigenvalue weighted by molar-refractivity contribution is 5.85. The van der Waals surface area contributed by atoms with Crippen molar-refractivity contribution in [2.45, 2.75) is 6.92 Å². The molecule has 0 heterocycles. The highest BCUT2D eigenvalue weighted by atomic mass is 19.1. The third-order valence-electron chi connectivity index (χ3n) is 1.74. The number of anilines is 1. The number of nitro benzene ring substituents is 1. The quantitative estimate of drug-likeness (QED) is 0.656. The van der Waals surface area contributed by atoms with Crippen molar-refractivity contribution in [2.24, 2.45) is 0 Å². The molecule has 0 fully saturated rings. The van der Waals surface area contributed by atoms with Crippen LogP contribution in [0.25, 0.3) is 0 Å². The van der Waals surface area contributed by atoms with Crippen molar-refractivity contribution in [3.05, 3.63) is 33.9 Å². The number of hydrogen-bond donors (Lipinski definition) is 1. The van der Waals surface area contributed by atoms with E-state index in [9.17, 15) is 23.7 Å². The number of nitrogens with one attached hydrogen (secondary N) is 1. The van der Waals surface area contributed by atoms with Gasteiger partial charge in [-0.15, -0.1) is 0 Å². The molecule has 0 spiro atoms. The van der Waals surface area contributed by atoms with Gasteiger partial charge < -0.3 is 4.74 Å². The third-order valence-corrected chi connectivity index (χ3v) is 1.74. The maximum absolute atomic E-state index is 13.3. The topological polar surface area (TPSA) is 81.5 Å². The largest absolute Gasteiger partial charge is 0.450 e. The second-order valence-electron chi connectivity index (χ2n) is 2.89. The first kappa shape index (κ1) is 12.8. The number of carbonyl (C=O) groups is 1. The fourth-order valence-corrected chi connectivity index (χ4v) is 1.05. The van der Waals surface area contributed by atoms with E-state index < -0.39 is 34.0 Å². The summed E-state index contributed by atoms with van der Waals surface area (Å²) in [6.07, 6.45) is -1.04. The molecule has 0 atom stereocenters. The molecule has 0 aliphatic heterocycles. The lowest BCUT2D eigenvalue weighted by molar-refractivity contribution is -0.385. The number of carbonyl (C=O) groups excluding carboxylic acids is 1. The number of hydrogen-bond acceptors (Lipinski definition) is 4. The summed E-state index contributed by atoms with van der Waals surface area (Å²) in [5.41, 5.74) is -1.52. The summed E-state index contributed by atoms with van der Waals surface area (Å²) in [5.74, 6) is -2.49. The van der Waals surface area contributed by atoms with Gasteiger partial charge in [-0.2, -0.15) is 0 Å². The van der Waals surface area contributed by atoms with Gasteiger partial charge in [-0.25, -0.2) is 13.6 Å². The van der Waals surface area contributed by atoms with Crippen LogP contribution >= 0.6 is 0 Å². The van der Waals surface area contributed by atoms with Crippen LogP contribution in [0.4, 0.5) is 25.0 Å². The van der Waals surface area contributed by atoms with E-state index in [0.29, 0.717) is 12.1 Å². The zero-order valence-corrected chi connectivity index (χ0v) is 8.70. The number of benzene rings is 1. The highest BCUT2D eigenvalue weighted by Gasteiger charge is 2.18. The minimum Gasteiger partial charge on any atom is -0.450 e. The molecule has 0 bridgehead atoms. The number of amides is 1. The maximum Gasteiger partial charge on any atom is 0.411 e. The minimum absolute atomic E-state index is 0.0298. The lowest BCUT2D eigenvalue weighted by atomic mass is 10.2. The minimum atomic E-state index is -1.25. The molecule has 0 radical (unpaired) electrons. The van der Waals surface area contributed by atoms with Gasteiger partial charge in [0.15, 0.2) is 11.6 Å². The van der Waals surface area contributed by atoms with E-state index in [0.717, 1.165) is 0 Å². The summed E-state index contributed by atoms with van der Waals surface area (Å²) in [6, 6.07) is 1.01. The Bertz CT molecular complexity index is 441. The van der Waals surface area contributed by atoms with Gasteiger partial charge in [0.05, 0.1) is 23.7 Å². The Morgan fingerprint density at radius 3 is 2.41 bits per heavy atom. The summed E-state index contributed by atoms with van der Waals surface area (Å²) in [6.45, 7) is 1.55. The van der Waals surface area contributed by atoms with Gasteiger partial charge in [0.1, 0.15) is 5.69 Å². The molecule has 0 aromatic heterocycles. The first-order chi connectivity index (χ1) is 7.95. The van der Waals surface area contributed by atoms with E-state index in [1.807, 2.05) is 5.32 Å². The average molecular weight is 246 g/mol. The van der Waals surface area contributed by atoms with Gasteiger partial charge in [-0.3, -0.25) is 15.4 Å². The maximum atomic E-state index is 13.3. The monoisotopic (exact) mass is 246 g/mol. The highest BCUT2D eigenvalue weighted by Crippen LogP contribution is 2.24. The fraction of sp³-hybridized carbons (Fsp3) is 0.222. The Kier molecular flexibility index (Phi) is 3.91. The molecule has 0 aliphatic rings. The van der Waals surface area contributed by atoms with Gasteiger partial charge in [0.2, 0.25) is 0 Å². The normalized spacial score (nSPS) is 9.82. The molecule has 0 saturated carbocycles. The molecule has 17 heavy (non-hydrogen) atoms.